The highest BCUT2D eigenvalue weighted by atomic mass is 35.5. The summed E-state index contributed by atoms with van der Waals surface area (Å²) in [6.45, 7) is 7.02. The lowest BCUT2D eigenvalue weighted by molar-refractivity contribution is -0.126. The number of sulfonamides is 1. The highest BCUT2D eigenvalue weighted by Crippen LogP contribution is 2.24. The molecule has 156 valence electrons. The smallest absolute Gasteiger partial charge is 0.262 e. The molecule has 0 bridgehead atoms. The number of nitrogens with one attached hydrogen (secondary N) is 1. The quantitative estimate of drug-likeness (QED) is 0.683. The van der Waals surface area contributed by atoms with Gasteiger partial charge in [0.25, 0.3) is 10.0 Å². The molecule has 1 saturated heterocycles. The third kappa shape index (κ3) is 5.91. The molecule has 2 heterocycles. The van der Waals surface area contributed by atoms with Crippen LogP contribution in [-0.4, -0.2) is 53.9 Å². The van der Waals surface area contributed by atoms with E-state index in [2.05, 4.69) is 24.1 Å². The number of amides is 1. The van der Waals surface area contributed by atoms with E-state index >= 15 is 0 Å². The second-order valence-corrected chi connectivity index (χ2v) is 9.37. The molecule has 3 N–H and O–H groups in total. The normalized spacial score (nSPS) is 17.6. The number of imidazole rings is 1. The van der Waals surface area contributed by atoms with E-state index in [9.17, 15) is 13.2 Å². The highest BCUT2D eigenvalue weighted by molar-refractivity contribution is 7.89. The minimum Gasteiger partial charge on any atom is -0.352 e. The molecule has 1 fully saturated rings. The number of nitrogens with two attached hydrogens (primary N) is 1. The van der Waals surface area contributed by atoms with Crippen LogP contribution in [0.3, 0.4) is 0 Å². The van der Waals surface area contributed by atoms with E-state index in [1.54, 1.807) is 18.5 Å². The SMILES string of the molecule is Cc1nc(S(=O)(=O)N2CCC(C(=O)NC(CN)CC(C)C)CC2)cn1C.Cl. The molecule has 1 aliphatic rings. The molecule has 10 heteroatoms. The van der Waals surface area contributed by atoms with Crippen molar-refractivity contribution in [2.45, 2.75) is 51.1 Å². The van der Waals surface area contributed by atoms with Crippen LogP contribution >= 0.6 is 12.4 Å². The van der Waals surface area contributed by atoms with Crippen molar-refractivity contribution < 1.29 is 13.2 Å². The van der Waals surface area contributed by atoms with E-state index < -0.39 is 10.0 Å². The predicted molar refractivity (Wildman–Crippen MR) is 107 cm³/mol. The Bertz CT molecular complexity index is 707. The fourth-order valence-electron chi connectivity index (χ4n) is 3.24. The Balaban J connectivity index is 0.00000364. The molecule has 1 atom stereocenters. The van der Waals surface area contributed by atoms with Gasteiger partial charge in [-0.05, 0) is 32.1 Å². The molecule has 0 aromatic carbocycles. The van der Waals surface area contributed by atoms with Crippen molar-refractivity contribution in [3.63, 3.8) is 0 Å². The van der Waals surface area contributed by atoms with Crippen LogP contribution in [0.2, 0.25) is 0 Å². The third-order valence-corrected chi connectivity index (χ3v) is 6.67. The van der Waals surface area contributed by atoms with Crippen LogP contribution in [0.15, 0.2) is 11.2 Å². The van der Waals surface area contributed by atoms with Crippen LogP contribution in [-0.2, 0) is 21.9 Å². The Kier molecular flexibility index (Phi) is 8.72. The van der Waals surface area contributed by atoms with E-state index in [0.717, 1.165) is 6.42 Å². The van der Waals surface area contributed by atoms with Gasteiger partial charge in [-0.25, -0.2) is 13.4 Å². The van der Waals surface area contributed by atoms with Gasteiger partial charge in [0.2, 0.25) is 5.91 Å². The molecule has 1 unspecified atom stereocenters. The maximum atomic E-state index is 12.7. The summed E-state index contributed by atoms with van der Waals surface area (Å²) >= 11 is 0. The summed E-state index contributed by atoms with van der Waals surface area (Å²) in [5, 5.41) is 3.09. The Hall–Kier alpha value is -1.16. The van der Waals surface area contributed by atoms with Crippen molar-refractivity contribution in [2.75, 3.05) is 19.6 Å². The molecule has 8 nitrogen and oxygen atoms in total. The van der Waals surface area contributed by atoms with Crippen LogP contribution in [0.5, 0.6) is 0 Å². The topological polar surface area (TPSA) is 110 Å². The first kappa shape index (κ1) is 23.9. The van der Waals surface area contributed by atoms with Crippen molar-refractivity contribution in [1.29, 1.82) is 0 Å². The summed E-state index contributed by atoms with van der Waals surface area (Å²) in [5.74, 6) is 0.911. The Morgan fingerprint density at radius 2 is 1.96 bits per heavy atom. The van der Waals surface area contributed by atoms with Gasteiger partial charge < -0.3 is 15.6 Å². The maximum absolute atomic E-state index is 12.7. The van der Waals surface area contributed by atoms with Gasteiger partial charge in [-0.1, -0.05) is 13.8 Å². The number of carbonyl (C=O) groups excluding carboxylic acids is 1. The number of aromatic nitrogens is 2. The second-order valence-electron chi connectivity index (χ2n) is 7.49. The fourth-order valence-corrected chi connectivity index (χ4v) is 4.74. The monoisotopic (exact) mass is 421 g/mol. The van der Waals surface area contributed by atoms with Crippen molar-refractivity contribution in [1.82, 2.24) is 19.2 Å². The third-order valence-electron chi connectivity index (χ3n) is 4.90. The van der Waals surface area contributed by atoms with Gasteiger partial charge in [-0.15, -0.1) is 12.4 Å². The van der Waals surface area contributed by atoms with Gasteiger partial charge >= 0.3 is 0 Å². The number of hydrogen-bond donors (Lipinski definition) is 2. The first-order valence-electron chi connectivity index (χ1n) is 9.15. The van der Waals surface area contributed by atoms with Crippen molar-refractivity contribution in [3.8, 4) is 0 Å². The number of halogens is 1. The molecule has 1 aliphatic heterocycles. The number of nitrogens with zero attached hydrogens (tertiary/aromatic N) is 3. The van der Waals surface area contributed by atoms with E-state index in [1.165, 1.54) is 10.5 Å². The van der Waals surface area contributed by atoms with Crippen molar-refractivity contribution in [3.05, 3.63) is 12.0 Å². The first-order chi connectivity index (χ1) is 12.1. The largest absolute Gasteiger partial charge is 0.352 e. The molecule has 0 saturated carbocycles. The summed E-state index contributed by atoms with van der Waals surface area (Å²) in [4.78, 5) is 16.6. The van der Waals surface area contributed by atoms with Crippen LogP contribution in [0.1, 0.15) is 38.9 Å². The van der Waals surface area contributed by atoms with Crippen molar-refractivity contribution >= 4 is 28.3 Å². The molecular weight excluding hydrogens is 390 g/mol. The molecule has 0 spiro atoms. The highest BCUT2D eigenvalue weighted by Gasteiger charge is 2.34. The molecule has 1 aromatic heterocycles. The van der Waals surface area contributed by atoms with E-state index in [0.29, 0.717) is 44.2 Å². The van der Waals surface area contributed by atoms with Gasteiger partial charge in [0.05, 0.1) is 0 Å². The summed E-state index contributed by atoms with van der Waals surface area (Å²) in [6, 6.07) is -0.0271. The predicted octanol–water partition coefficient (Wildman–Crippen LogP) is 1.04. The summed E-state index contributed by atoms with van der Waals surface area (Å²) in [7, 11) is -1.84. The van der Waals surface area contributed by atoms with Crippen LogP contribution in [0.4, 0.5) is 0 Å². The van der Waals surface area contributed by atoms with Crippen LogP contribution in [0, 0.1) is 18.8 Å². The zero-order valence-corrected chi connectivity index (χ0v) is 18.1. The van der Waals surface area contributed by atoms with Crippen LogP contribution in [0.25, 0.3) is 0 Å². The number of hydrogen-bond acceptors (Lipinski definition) is 5. The molecule has 1 amide bonds. The molecular formula is C17H32ClN5O3S. The minimum absolute atomic E-state index is 0. The maximum Gasteiger partial charge on any atom is 0.262 e. The molecule has 0 aliphatic carbocycles. The molecule has 27 heavy (non-hydrogen) atoms. The summed E-state index contributed by atoms with van der Waals surface area (Å²) in [5.41, 5.74) is 5.75. The molecule has 0 radical (unpaired) electrons. The number of carbonyl (C=O) groups is 1. The Morgan fingerprint density at radius 1 is 1.37 bits per heavy atom. The molecule has 1 aromatic rings. The average Bonchev–Trinajstić information content (AvgIpc) is 2.93. The number of aryl methyl sites for hydroxylation is 2. The number of rotatable bonds is 7. The lowest BCUT2D eigenvalue weighted by Crippen LogP contribution is -2.47. The van der Waals surface area contributed by atoms with E-state index in [4.69, 9.17) is 5.73 Å². The van der Waals surface area contributed by atoms with Gasteiger partial charge in [0.15, 0.2) is 5.03 Å². The minimum atomic E-state index is -3.61. The summed E-state index contributed by atoms with van der Waals surface area (Å²) < 4.78 is 28.5. The van der Waals surface area contributed by atoms with Gasteiger partial charge in [-0.3, -0.25) is 4.79 Å². The average molecular weight is 422 g/mol. The lowest BCUT2D eigenvalue weighted by atomic mass is 9.96. The zero-order valence-electron chi connectivity index (χ0n) is 16.5. The second kappa shape index (κ2) is 9.86. The Labute approximate surface area is 168 Å². The van der Waals surface area contributed by atoms with Gasteiger partial charge in [0, 0.05) is 44.8 Å². The Morgan fingerprint density at radius 3 is 2.41 bits per heavy atom. The van der Waals surface area contributed by atoms with Crippen LogP contribution < -0.4 is 11.1 Å². The van der Waals surface area contributed by atoms with Gasteiger partial charge in [-0.2, -0.15) is 4.31 Å². The van der Waals surface area contributed by atoms with E-state index in [1.807, 2.05) is 0 Å². The summed E-state index contributed by atoms with van der Waals surface area (Å²) in [6.07, 6.45) is 3.39. The lowest BCUT2D eigenvalue weighted by Gasteiger charge is -2.31. The fraction of sp³-hybridized carbons (Fsp3) is 0.765. The molecule has 2 rings (SSSR count). The number of piperidine rings is 1. The van der Waals surface area contributed by atoms with E-state index in [-0.39, 0.29) is 35.3 Å². The first-order valence-corrected chi connectivity index (χ1v) is 10.6. The van der Waals surface area contributed by atoms with Gasteiger partial charge in [0.1, 0.15) is 5.82 Å². The van der Waals surface area contributed by atoms with Crippen molar-refractivity contribution in [2.24, 2.45) is 24.6 Å². The zero-order chi connectivity index (χ0) is 19.5. The standard InChI is InChI=1S/C17H31N5O3S.ClH/c1-12(2)9-15(10-18)20-17(23)14-5-7-22(8-6-14)26(24,25)16-11-21(4)13(3)19-16;/h11-12,14-15H,5-10,18H2,1-4H3,(H,20,23);1H.